The average Bonchev–Trinajstić information content (AvgIpc) is 2.67. The molecule has 1 aromatic rings. The molecule has 0 radical (unpaired) electrons. The molecule has 0 spiro atoms. The SMILES string of the molecule is FC(F)(F)N1CCSC1c1ccccc1. The first kappa shape index (κ1) is 10.8. The van der Waals surface area contributed by atoms with E-state index >= 15 is 0 Å². The fourth-order valence-electron chi connectivity index (χ4n) is 1.62. The molecule has 1 saturated heterocycles. The van der Waals surface area contributed by atoms with Crippen LogP contribution in [-0.4, -0.2) is 23.5 Å². The predicted molar refractivity (Wildman–Crippen MR) is 54.4 cm³/mol. The molecule has 0 amide bonds. The van der Waals surface area contributed by atoms with Gasteiger partial charge in [-0.1, -0.05) is 30.3 Å². The molecule has 2 rings (SSSR count). The maximum atomic E-state index is 12.6. The first-order valence-corrected chi connectivity index (χ1v) is 5.64. The smallest absolute Gasteiger partial charge is 0.197 e. The number of rotatable bonds is 1. The Morgan fingerprint density at radius 3 is 2.47 bits per heavy atom. The number of alkyl halides is 3. The number of halogens is 3. The molecule has 1 fully saturated rings. The van der Waals surface area contributed by atoms with E-state index < -0.39 is 11.7 Å². The van der Waals surface area contributed by atoms with Crippen LogP contribution in [0.5, 0.6) is 0 Å². The molecule has 1 heterocycles. The lowest BCUT2D eigenvalue weighted by atomic mass is 10.2. The Labute approximate surface area is 90.3 Å². The van der Waals surface area contributed by atoms with Crippen LogP contribution in [0.25, 0.3) is 0 Å². The third-order valence-corrected chi connectivity index (χ3v) is 3.56. The minimum Gasteiger partial charge on any atom is -0.197 e. The molecule has 0 N–H and O–H groups in total. The van der Waals surface area contributed by atoms with E-state index in [1.807, 2.05) is 0 Å². The Morgan fingerprint density at radius 1 is 1.20 bits per heavy atom. The molecule has 15 heavy (non-hydrogen) atoms. The van der Waals surface area contributed by atoms with E-state index in [2.05, 4.69) is 0 Å². The van der Waals surface area contributed by atoms with Crippen LogP contribution in [0, 0.1) is 0 Å². The van der Waals surface area contributed by atoms with Crippen LogP contribution in [0.4, 0.5) is 13.2 Å². The molecular weight excluding hydrogens is 223 g/mol. The van der Waals surface area contributed by atoms with Crippen molar-refractivity contribution in [2.75, 3.05) is 12.3 Å². The second kappa shape index (κ2) is 4.06. The summed E-state index contributed by atoms with van der Waals surface area (Å²) in [5, 5.41) is -0.578. The molecular formula is C10H10F3NS. The third-order valence-electron chi connectivity index (χ3n) is 2.30. The summed E-state index contributed by atoms with van der Waals surface area (Å²) in [6.07, 6.45) is -4.23. The minimum absolute atomic E-state index is 0.0771. The third kappa shape index (κ3) is 2.29. The number of thioether (sulfide) groups is 1. The van der Waals surface area contributed by atoms with Gasteiger partial charge in [-0.25, -0.2) is 0 Å². The largest absolute Gasteiger partial charge is 0.461 e. The molecule has 1 aromatic carbocycles. The van der Waals surface area contributed by atoms with Crippen LogP contribution in [0.2, 0.25) is 0 Å². The van der Waals surface area contributed by atoms with Crippen molar-refractivity contribution in [2.45, 2.75) is 11.7 Å². The van der Waals surface area contributed by atoms with Gasteiger partial charge in [0.15, 0.2) is 0 Å². The summed E-state index contributed by atoms with van der Waals surface area (Å²) in [6, 6.07) is 8.82. The van der Waals surface area contributed by atoms with Gasteiger partial charge >= 0.3 is 6.30 Å². The van der Waals surface area contributed by atoms with Crippen LogP contribution >= 0.6 is 11.8 Å². The normalized spacial score (nSPS) is 23.3. The molecule has 0 aliphatic carbocycles. The van der Waals surface area contributed by atoms with Gasteiger partial charge in [0.1, 0.15) is 0 Å². The monoisotopic (exact) mass is 233 g/mol. The van der Waals surface area contributed by atoms with E-state index in [1.165, 1.54) is 11.8 Å². The van der Waals surface area contributed by atoms with E-state index in [9.17, 15) is 13.2 Å². The number of nitrogens with zero attached hydrogens (tertiary/aromatic N) is 1. The zero-order valence-corrected chi connectivity index (χ0v) is 8.68. The fourth-order valence-corrected chi connectivity index (χ4v) is 2.90. The zero-order chi connectivity index (χ0) is 10.9. The summed E-state index contributed by atoms with van der Waals surface area (Å²) in [5.41, 5.74) is 0.720. The van der Waals surface area contributed by atoms with Gasteiger partial charge in [0.05, 0.1) is 5.37 Å². The molecule has 5 heteroatoms. The van der Waals surface area contributed by atoms with Gasteiger partial charge in [0.2, 0.25) is 0 Å². The molecule has 82 valence electrons. The van der Waals surface area contributed by atoms with Crippen molar-refractivity contribution >= 4 is 11.8 Å². The van der Waals surface area contributed by atoms with E-state index in [4.69, 9.17) is 0 Å². The van der Waals surface area contributed by atoms with Crippen molar-refractivity contribution in [1.29, 1.82) is 0 Å². The van der Waals surface area contributed by atoms with Gasteiger partial charge in [-0.15, -0.1) is 11.8 Å². The van der Waals surface area contributed by atoms with Gasteiger partial charge in [0.25, 0.3) is 0 Å². The van der Waals surface area contributed by atoms with E-state index in [0.717, 1.165) is 5.56 Å². The molecule has 1 atom stereocenters. The van der Waals surface area contributed by atoms with Gasteiger partial charge in [-0.2, -0.15) is 18.1 Å². The fraction of sp³-hybridized carbons (Fsp3) is 0.400. The van der Waals surface area contributed by atoms with E-state index in [1.54, 1.807) is 30.3 Å². The summed E-state index contributed by atoms with van der Waals surface area (Å²) >= 11 is 1.34. The lowest BCUT2D eigenvalue weighted by molar-refractivity contribution is -0.246. The van der Waals surface area contributed by atoms with Crippen molar-refractivity contribution in [3.8, 4) is 0 Å². The minimum atomic E-state index is -4.23. The van der Waals surface area contributed by atoms with Crippen molar-refractivity contribution in [2.24, 2.45) is 0 Å². The highest BCUT2D eigenvalue weighted by Gasteiger charge is 2.45. The molecule has 1 aliphatic rings. The van der Waals surface area contributed by atoms with Crippen LogP contribution in [0.3, 0.4) is 0 Å². The molecule has 0 saturated carbocycles. The summed E-state index contributed by atoms with van der Waals surface area (Å²) in [7, 11) is 0. The summed E-state index contributed by atoms with van der Waals surface area (Å²) in [4.78, 5) is 0.590. The van der Waals surface area contributed by atoms with E-state index in [0.29, 0.717) is 10.7 Å². The number of hydrogen-bond acceptors (Lipinski definition) is 2. The van der Waals surface area contributed by atoms with Crippen molar-refractivity contribution in [1.82, 2.24) is 4.90 Å². The maximum absolute atomic E-state index is 12.6. The summed E-state index contributed by atoms with van der Waals surface area (Å²) in [6.45, 7) is 0.0771. The Bertz CT molecular complexity index is 325. The molecule has 1 unspecified atom stereocenters. The quantitative estimate of drug-likeness (QED) is 0.685. The van der Waals surface area contributed by atoms with E-state index in [-0.39, 0.29) is 6.54 Å². The highest BCUT2D eigenvalue weighted by Crippen LogP contribution is 2.43. The molecule has 0 aromatic heterocycles. The Kier molecular flexibility index (Phi) is 2.93. The van der Waals surface area contributed by atoms with Crippen LogP contribution in [0.1, 0.15) is 10.9 Å². The lowest BCUT2D eigenvalue weighted by Gasteiger charge is -2.25. The Morgan fingerprint density at radius 2 is 1.87 bits per heavy atom. The van der Waals surface area contributed by atoms with Crippen LogP contribution < -0.4 is 0 Å². The highest BCUT2D eigenvalue weighted by atomic mass is 32.2. The van der Waals surface area contributed by atoms with Gasteiger partial charge in [0, 0.05) is 12.3 Å². The predicted octanol–water partition coefficient (Wildman–Crippen LogP) is 3.25. The van der Waals surface area contributed by atoms with Crippen molar-refractivity contribution in [3.05, 3.63) is 35.9 Å². The molecule has 0 bridgehead atoms. The number of benzene rings is 1. The second-order valence-electron chi connectivity index (χ2n) is 3.30. The second-order valence-corrected chi connectivity index (χ2v) is 4.48. The zero-order valence-electron chi connectivity index (χ0n) is 7.87. The van der Waals surface area contributed by atoms with Crippen LogP contribution in [-0.2, 0) is 0 Å². The standard InChI is InChI=1S/C10H10F3NS/c11-10(12,13)14-6-7-15-9(14)8-4-2-1-3-5-8/h1-5,9H,6-7H2. The maximum Gasteiger partial charge on any atom is 0.461 e. The average molecular weight is 233 g/mol. The topological polar surface area (TPSA) is 3.24 Å². The van der Waals surface area contributed by atoms with Gasteiger partial charge < -0.3 is 0 Å². The van der Waals surface area contributed by atoms with Crippen molar-refractivity contribution in [3.63, 3.8) is 0 Å². The number of hydrogen-bond donors (Lipinski definition) is 0. The summed E-state index contributed by atoms with van der Waals surface area (Å²) in [5.74, 6) is 0.527. The highest BCUT2D eigenvalue weighted by molar-refractivity contribution is 7.99. The van der Waals surface area contributed by atoms with Gasteiger partial charge in [-0.3, -0.25) is 0 Å². The molecule has 1 aliphatic heterocycles. The first-order chi connectivity index (χ1) is 7.09. The molecule has 1 nitrogen and oxygen atoms in total. The Balaban J connectivity index is 2.23. The summed E-state index contributed by atoms with van der Waals surface area (Å²) < 4.78 is 37.8. The first-order valence-electron chi connectivity index (χ1n) is 4.59. The Hall–Kier alpha value is -0.680. The van der Waals surface area contributed by atoms with Crippen molar-refractivity contribution < 1.29 is 13.2 Å². The lowest BCUT2D eigenvalue weighted by Crippen LogP contribution is -2.37. The van der Waals surface area contributed by atoms with Gasteiger partial charge in [-0.05, 0) is 5.56 Å². The van der Waals surface area contributed by atoms with Crippen LogP contribution in [0.15, 0.2) is 30.3 Å².